The van der Waals surface area contributed by atoms with Crippen molar-refractivity contribution in [1.82, 2.24) is 15.0 Å². The first-order valence-corrected chi connectivity index (χ1v) is 12.0. The van der Waals surface area contributed by atoms with Gasteiger partial charge in [0.25, 0.3) is 0 Å². The summed E-state index contributed by atoms with van der Waals surface area (Å²) < 4.78 is 15.0. The van der Waals surface area contributed by atoms with Gasteiger partial charge in [-0.1, -0.05) is 111 Å². The lowest BCUT2D eigenvalue weighted by atomic mass is 9.93. The maximum Gasteiger partial charge on any atom is 0.199 e. The van der Waals surface area contributed by atoms with Crippen molar-refractivity contribution < 1.29 is 13.3 Å². The molecule has 6 heteroatoms. The van der Waals surface area contributed by atoms with Gasteiger partial charge in [-0.25, -0.2) is 15.0 Å². The van der Waals surface area contributed by atoms with Crippen molar-refractivity contribution in [2.24, 2.45) is 0 Å². The zero-order valence-electron chi connectivity index (χ0n) is 24.0. The van der Waals surface area contributed by atoms with Gasteiger partial charge >= 0.3 is 0 Å². The average molecular weight is 482 g/mol. The van der Waals surface area contributed by atoms with Crippen molar-refractivity contribution in [3.8, 4) is 0 Å². The molecule has 0 saturated carbocycles. The number of nitrogens with zero attached hydrogens (tertiary/aromatic N) is 3. The fourth-order valence-electron chi connectivity index (χ4n) is 1.76. The average Bonchev–Trinajstić information content (AvgIpc) is 3.55. The molecular formula is C28H55N3O3. The van der Waals surface area contributed by atoms with E-state index in [0.29, 0.717) is 0 Å². The Morgan fingerprint density at radius 2 is 1.18 bits per heavy atom. The van der Waals surface area contributed by atoms with Crippen LogP contribution >= 0.6 is 0 Å². The van der Waals surface area contributed by atoms with E-state index >= 15 is 0 Å². The van der Waals surface area contributed by atoms with Gasteiger partial charge in [0.05, 0.1) is 18.1 Å². The van der Waals surface area contributed by atoms with Gasteiger partial charge in [0, 0.05) is 16.2 Å². The van der Waals surface area contributed by atoms with E-state index in [4.69, 9.17) is 13.3 Å². The van der Waals surface area contributed by atoms with Gasteiger partial charge < -0.3 is 13.3 Å². The van der Waals surface area contributed by atoms with Crippen LogP contribution in [0.5, 0.6) is 0 Å². The molecule has 0 aliphatic carbocycles. The van der Waals surface area contributed by atoms with Gasteiger partial charge in [-0.2, -0.15) is 0 Å². The molecular weight excluding hydrogens is 426 g/mol. The standard InChI is InChI=1S/3C7H11NO.3C2H6.CH4/c1-7(2,3)6-4-9-5-8-6;1-7(2,3)6-4-8-5-9-6;1-7(2,3)6-8-4-5-9-6;3*1-2;/h3*4-5H,1-3H3;3*1-2H3;1H4. The third-order valence-corrected chi connectivity index (χ3v) is 3.45. The fourth-order valence-corrected chi connectivity index (χ4v) is 1.76. The fraction of sp³-hybridized carbons (Fsp3) is 0.679. The molecule has 0 aliphatic rings. The topological polar surface area (TPSA) is 78.1 Å². The Morgan fingerprint density at radius 3 is 1.35 bits per heavy atom. The largest absolute Gasteiger partial charge is 0.451 e. The van der Waals surface area contributed by atoms with Crippen molar-refractivity contribution in [3.63, 3.8) is 0 Å². The highest BCUT2D eigenvalue weighted by molar-refractivity contribution is 5.05. The monoisotopic (exact) mass is 481 g/mol. The summed E-state index contributed by atoms with van der Waals surface area (Å²) in [5.41, 5.74) is 1.26. The van der Waals surface area contributed by atoms with Gasteiger partial charge in [0.2, 0.25) is 0 Å². The van der Waals surface area contributed by atoms with E-state index in [0.717, 1.165) is 17.3 Å². The Hall–Kier alpha value is -2.37. The molecule has 3 rings (SSSR count). The molecule has 0 fully saturated rings. The normalized spacial score (nSPS) is 9.97. The molecule has 0 N–H and O–H groups in total. The van der Waals surface area contributed by atoms with E-state index in [1.807, 2.05) is 41.5 Å². The molecule has 3 aromatic heterocycles. The van der Waals surface area contributed by atoms with Gasteiger partial charge in [-0.15, -0.1) is 0 Å². The maximum absolute atomic E-state index is 5.09. The Bertz CT molecular complexity index is 621. The third kappa shape index (κ3) is 18.1. The number of rotatable bonds is 0. The minimum absolute atomic E-state index is 0. The molecule has 0 aliphatic heterocycles. The van der Waals surface area contributed by atoms with E-state index in [1.54, 1.807) is 24.9 Å². The van der Waals surface area contributed by atoms with E-state index in [1.165, 1.54) is 12.8 Å². The second-order valence-corrected chi connectivity index (χ2v) is 9.33. The van der Waals surface area contributed by atoms with Crippen LogP contribution in [0.1, 0.15) is 129 Å². The molecule has 0 atom stereocenters. The van der Waals surface area contributed by atoms with Crippen LogP contribution in [-0.4, -0.2) is 15.0 Å². The molecule has 0 unspecified atom stereocenters. The molecule has 3 heterocycles. The second-order valence-electron chi connectivity index (χ2n) is 9.33. The first-order valence-electron chi connectivity index (χ1n) is 12.0. The van der Waals surface area contributed by atoms with E-state index in [9.17, 15) is 0 Å². The van der Waals surface area contributed by atoms with Gasteiger partial charge in [-0.05, 0) is 0 Å². The van der Waals surface area contributed by atoms with Crippen molar-refractivity contribution >= 4 is 0 Å². The Kier molecular flexibility index (Phi) is 22.9. The van der Waals surface area contributed by atoms with Gasteiger partial charge in [-0.3, -0.25) is 0 Å². The zero-order chi connectivity index (χ0) is 26.7. The number of aromatic nitrogens is 3. The van der Waals surface area contributed by atoms with Gasteiger partial charge in [0.1, 0.15) is 18.3 Å². The smallest absolute Gasteiger partial charge is 0.199 e. The highest BCUT2D eigenvalue weighted by Gasteiger charge is 2.18. The summed E-state index contributed by atoms with van der Waals surface area (Å²) >= 11 is 0. The van der Waals surface area contributed by atoms with Crippen molar-refractivity contribution in [3.05, 3.63) is 55.1 Å². The maximum atomic E-state index is 5.09. The lowest BCUT2D eigenvalue weighted by Crippen LogP contribution is -2.10. The SMILES string of the molecule is C.CC.CC.CC.CC(C)(C)c1cnco1.CC(C)(C)c1cocn1.CC(C)(C)c1ncco1. The van der Waals surface area contributed by atoms with Crippen molar-refractivity contribution in [2.45, 2.75) is 128 Å². The molecule has 3 aromatic rings. The predicted octanol–water partition coefficient (Wildman–Crippen LogP) is 9.63. The van der Waals surface area contributed by atoms with E-state index in [-0.39, 0.29) is 23.7 Å². The van der Waals surface area contributed by atoms with Crippen LogP contribution in [0.2, 0.25) is 0 Å². The van der Waals surface area contributed by atoms with Crippen LogP contribution in [0.25, 0.3) is 0 Å². The highest BCUT2D eigenvalue weighted by Crippen LogP contribution is 2.21. The molecule has 200 valence electrons. The quantitative estimate of drug-likeness (QED) is 0.318. The summed E-state index contributed by atoms with van der Waals surface area (Å²) in [5.74, 6) is 1.73. The van der Waals surface area contributed by atoms with Crippen LogP contribution in [0.4, 0.5) is 0 Å². The summed E-state index contributed by atoms with van der Waals surface area (Å²) in [6, 6.07) is 0. The van der Waals surface area contributed by atoms with Crippen LogP contribution < -0.4 is 0 Å². The predicted molar refractivity (Wildman–Crippen MR) is 146 cm³/mol. The number of oxazole rings is 3. The zero-order valence-corrected chi connectivity index (χ0v) is 24.0. The van der Waals surface area contributed by atoms with Crippen LogP contribution in [-0.2, 0) is 16.2 Å². The molecule has 34 heavy (non-hydrogen) atoms. The minimum Gasteiger partial charge on any atom is -0.451 e. The molecule has 0 bridgehead atoms. The second kappa shape index (κ2) is 20.0. The lowest BCUT2D eigenvalue weighted by Gasteiger charge is -2.12. The Balaban J connectivity index is -0.000000176. The van der Waals surface area contributed by atoms with E-state index < -0.39 is 0 Å². The molecule has 6 nitrogen and oxygen atoms in total. The van der Waals surface area contributed by atoms with Crippen LogP contribution in [0.3, 0.4) is 0 Å². The Labute approximate surface area is 211 Å². The summed E-state index contributed by atoms with van der Waals surface area (Å²) in [6.07, 6.45) is 9.61. The van der Waals surface area contributed by atoms with Gasteiger partial charge in [0.15, 0.2) is 18.7 Å². The number of hydrogen-bond acceptors (Lipinski definition) is 6. The summed E-state index contributed by atoms with van der Waals surface area (Å²) in [4.78, 5) is 11.9. The molecule has 0 amide bonds. The minimum atomic E-state index is 0. The summed E-state index contributed by atoms with van der Waals surface area (Å²) in [7, 11) is 0. The highest BCUT2D eigenvalue weighted by atomic mass is 16.3. The number of hydrogen-bond donors (Lipinski definition) is 0. The van der Waals surface area contributed by atoms with Crippen LogP contribution in [0.15, 0.2) is 51.0 Å². The van der Waals surface area contributed by atoms with Crippen molar-refractivity contribution in [1.29, 1.82) is 0 Å². The van der Waals surface area contributed by atoms with Crippen LogP contribution in [0, 0.1) is 0 Å². The molecule has 0 radical (unpaired) electrons. The Morgan fingerprint density at radius 1 is 0.647 bits per heavy atom. The molecule has 0 saturated heterocycles. The van der Waals surface area contributed by atoms with E-state index in [2.05, 4.69) is 77.3 Å². The molecule has 0 aromatic carbocycles. The van der Waals surface area contributed by atoms with Crippen molar-refractivity contribution in [2.75, 3.05) is 0 Å². The third-order valence-electron chi connectivity index (χ3n) is 3.45. The molecule has 0 spiro atoms. The summed E-state index contributed by atoms with van der Waals surface area (Å²) in [5, 5.41) is 0. The lowest BCUT2D eigenvalue weighted by molar-refractivity contribution is 0.392. The first-order chi connectivity index (χ1) is 15.3. The summed E-state index contributed by atoms with van der Waals surface area (Å²) in [6.45, 7) is 30.8. The first kappa shape index (κ1) is 38.9.